The van der Waals surface area contributed by atoms with Crippen LogP contribution < -0.4 is 0 Å². The van der Waals surface area contributed by atoms with E-state index in [4.69, 9.17) is 37.9 Å². The molecule has 0 amide bonds. The number of rotatable bonds is 8. The van der Waals surface area contributed by atoms with Gasteiger partial charge in [0.25, 0.3) is 0 Å². The number of sulfone groups is 1. The predicted molar refractivity (Wildman–Crippen MR) is 172 cm³/mol. The Labute approximate surface area is 302 Å². The fraction of sp³-hybridized carbons (Fsp3) is 0.500. The second-order valence-electron chi connectivity index (χ2n) is 14.5. The maximum Gasteiger partial charge on any atom is 0.206 e. The molecule has 16 nitrogen and oxygen atoms in total. The fourth-order valence-corrected chi connectivity index (χ4v) is 9.33. The molecule has 53 heavy (non-hydrogen) atoms. The van der Waals surface area contributed by atoms with Crippen molar-refractivity contribution in [1.82, 2.24) is 0 Å². The Morgan fingerprint density at radius 3 is 1.26 bits per heavy atom. The van der Waals surface area contributed by atoms with Crippen LogP contribution in [0.3, 0.4) is 0 Å². The van der Waals surface area contributed by atoms with Crippen molar-refractivity contribution in [3.05, 3.63) is 58.7 Å². The standard InChI is InChI=1S/C36H34O16S/c1-35(2)49-29-27(47-33(45-5)31(29)51-35)25(41)19-21(37)15-9-7-13(11-17(15)23(19)39)53(43,44)14-8-10-16-18(12-14)24(40)20(22(16)38)26(42)28-30-32(34(46-6)48-28)52-36(3,4)50-30/h7-12,19-20,27-34H,1-6H3/t19?,20?,27-,28-,29-,30-,31+,32+,33-,34-/m1/s1. The molecule has 0 aromatic heterocycles. The summed E-state index contributed by atoms with van der Waals surface area (Å²) < 4.78 is 73.1. The summed E-state index contributed by atoms with van der Waals surface area (Å²) in [6.07, 6.45) is -8.28. The molecule has 4 saturated heterocycles. The van der Waals surface area contributed by atoms with Gasteiger partial charge in [0.15, 0.2) is 58.9 Å². The zero-order valence-electron chi connectivity index (χ0n) is 29.2. The maximum atomic E-state index is 13.9. The Hall–Kier alpha value is -3.91. The molecule has 4 heterocycles. The number of Topliss-reactive ketones (excluding diaryl/α,β-unsaturated/α-hetero) is 6. The second-order valence-corrected chi connectivity index (χ2v) is 16.4. The number of fused-ring (bicyclic) bond motifs is 4. The van der Waals surface area contributed by atoms with Crippen LogP contribution in [0.25, 0.3) is 0 Å². The first-order valence-electron chi connectivity index (χ1n) is 16.7. The summed E-state index contributed by atoms with van der Waals surface area (Å²) in [5.41, 5.74) is -0.894. The average Bonchev–Trinajstić information content (AvgIpc) is 3.90. The zero-order valence-corrected chi connectivity index (χ0v) is 30.0. The number of hydrogen-bond donors (Lipinski definition) is 0. The highest BCUT2D eigenvalue weighted by Gasteiger charge is 2.62. The summed E-state index contributed by atoms with van der Waals surface area (Å²) in [5.74, 6) is -11.1. The normalized spacial score (nSPS) is 35.1. The van der Waals surface area contributed by atoms with Gasteiger partial charge in [-0.1, -0.05) is 0 Å². The highest BCUT2D eigenvalue weighted by atomic mass is 32.2. The molecule has 2 aliphatic carbocycles. The molecule has 2 aromatic rings. The molecule has 8 rings (SSSR count). The van der Waals surface area contributed by atoms with Crippen LogP contribution in [0.1, 0.15) is 69.1 Å². The topological polar surface area (TPSA) is 210 Å². The Balaban J connectivity index is 1.04. The molecule has 0 radical (unpaired) electrons. The van der Waals surface area contributed by atoms with Crippen LogP contribution in [0.4, 0.5) is 0 Å². The molecule has 2 unspecified atom stereocenters. The number of hydrogen-bond acceptors (Lipinski definition) is 16. The molecule has 4 fully saturated rings. The second kappa shape index (κ2) is 12.0. The maximum absolute atomic E-state index is 13.9. The highest BCUT2D eigenvalue weighted by Crippen LogP contribution is 2.43. The van der Waals surface area contributed by atoms with Crippen LogP contribution in [-0.2, 0) is 57.3 Å². The van der Waals surface area contributed by atoms with Crippen LogP contribution in [0.15, 0.2) is 46.2 Å². The van der Waals surface area contributed by atoms with Crippen molar-refractivity contribution < 1.29 is 75.1 Å². The third-order valence-corrected chi connectivity index (χ3v) is 12.1. The highest BCUT2D eigenvalue weighted by molar-refractivity contribution is 7.91. The van der Waals surface area contributed by atoms with Gasteiger partial charge >= 0.3 is 0 Å². The summed E-state index contributed by atoms with van der Waals surface area (Å²) in [7, 11) is -1.80. The smallest absolute Gasteiger partial charge is 0.206 e. The number of ether oxygens (including phenoxy) is 8. The number of carbonyl (C=O) groups excluding carboxylic acids is 6. The van der Waals surface area contributed by atoms with Crippen molar-refractivity contribution in [2.24, 2.45) is 11.8 Å². The summed E-state index contributed by atoms with van der Waals surface area (Å²) >= 11 is 0. The van der Waals surface area contributed by atoms with Crippen LogP contribution >= 0.6 is 0 Å². The Morgan fingerprint density at radius 1 is 0.566 bits per heavy atom. The minimum absolute atomic E-state index is 0.155. The Bertz CT molecular complexity index is 1990. The Kier molecular flexibility index (Phi) is 8.20. The van der Waals surface area contributed by atoms with Crippen LogP contribution in [0, 0.1) is 11.8 Å². The molecule has 4 aliphatic heterocycles. The van der Waals surface area contributed by atoms with Gasteiger partial charge in [-0.2, -0.15) is 0 Å². The summed E-state index contributed by atoms with van der Waals surface area (Å²) in [6, 6.07) is 6.46. The van der Waals surface area contributed by atoms with Crippen molar-refractivity contribution >= 4 is 44.5 Å². The number of ketones is 6. The first-order valence-corrected chi connectivity index (χ1v) is 18.2. The first kappa shape index (κ1) is 36.1. The van der Waals surface area contributed by atoms with Gasteiger partial charge in [-0.05, 0) is 64.1 Å². The third-order valence-electron chi connectivity index (χ3n) is 10.3. The van der Waals surface area contributed by atoms with Crippen molar-refractivity contribution in [3.8, 4) is 0 Å². The largest absolute Gasteiger partial charge is 0.353 e. The SMILES string of the molecule is CO[C@@H]1O[C@H](C(=O)C2C(=O)c3ccc(S(=O)(=O)c4ccc5c(c4)C(=O)C(C(=O)[C@H]4O[C@@H](OC)[C@H]6OC(C)(C)O[C@@H]64)C5=O)cc3C2=O)[C@H]2OC(C)(C)O[C@H]12. The van der Waals surface area contributed by atoms with E-state index >= 15 is 0 Å². The lowest BCUT2D eigenvalue weighted by Gasteiger charge is -2.23. The molecule has 0 bridgehead atoms. The van der Waals surface area contributed by atoms with E-state index in [1.165, 1.54) is 14.2 Å². The van der Waals surface area contributed by atoms with Gasteiger partial charge in [0.1, 0.15) is 48.5 Å². The molecule has 0 saturated carbocycles. The molecule has 2 aromatic carbocycles. The van der Waals surface area contributed by atoms with E-state index in [1.807, 2.05) is 0 Å². The van der Waals surface area contributed by atoms with E-state index in [1.54, 1.807) is 27.7 Å². The predicted octanol–water partition coefficient (Wildman–Crippen LogP) is 1.43. The van der Waals surface area contributed by atoms with Gasteiger partial charge in [-0.15, -0.1) is 0 Å². The molecular weight excluding hydrogens is 720 g/mol. The van der Waals surface area contributed by atoms with Gasteiger partial charge in [-0.25, -0.2) is 8.42 Å². The monoisotopic (exact) mass is 754 g/mol. The zero-order chi connectivity index (χ0) is 38.1. The molecule has 0 N–H and O–H groups in total. The van der Waals surface area contributed by atoms with Gasteiger partial charge in [0.05, 0.1) is 9.79 Å². The first-order chi connectivity index (χ1) is 24.9. The quantitative estimate of drug-likeness (QED) is 0.349. The van der Waals surface area contributed by atoms with Gasteiger partial charge < -0.3 is 37.9 Å². The Morgan fingerprint density at radius 2 is 0.906 bits per heavy atom. The van der Waals surface area contributed by atoms with Gasteiger partial charge in [0, 0.05) is 36.5 Å². The third kappa shape index (κ3) is 5.36. The van der Waals surface area contributed by atoms with Crippen molar-refractivity contribution in [2.75, 3.05) is 14.2 Å². The lowest BCUT2D eigenvalue weighted by molar-refractivity contribution is -0.225. The van der Waals surface area contributed by atoms with Crippen molar-refractivity contribution in [2.45, 2.75) is 98.3 Å². The lowest BCUT2D eigenvalue weighted by atomic mass is 9.92. The number of methoxy groups -OCH3 is 2. The van der Waals surface area contributed by atoms with E-state index in [0.717, 1.165) is 36.4 Å². The number of benzene rings is 2. The van der Waals surface area contributed by atoms with Gasteiger partial charge in [0.2, 0.25) is 9.84 Å². The fourth-order valence-electron chi connectivity index (χ4n) is 8.02. The van der Waals surface area contributed by atoms with Crippen LogP contribution in [-0.4, -0.2) is 118 Å². The molecule has 0 spiro atoms. The molecular formula is C36H34O16S. The summed E-state index contributed by atoms with van der Waals surface area (Å²) in [5, 5.41) is 0. The van der Waals surface area contributed by atoms with E-state index in [-0.39, 0.29) is 22.3 Å². The van der Waals surface area contributed by atoms with Crippen molar-refractivity contribution in [1.29, 1.82) is 0 Å². The van der Waals surface area contributed by atoms with Gasteiger partial charge in [-0.3, -0.25) is 28.8 Å². The van der Waals surface area contributed by atoms with E-state index in [2.05, 4.69) is 0 Å². The lowest BCUT2D eigenvalue weighted by Crippen LogP contribution is -2.42. The summed E-state index contributed by atoms with van der Waals surface area (Å²) in [6.45, 7) is 6.53. The minimum atomic E-state index is -4.49. The number of carbonyl (C=O) groups is 6. The van der Waals surface area contributed by atoms with E-state index in [9.17, 15) is 37.2 Å². The molecule has 17 heteroatoms. The molecule has 10 atom stereocenters. The molecule has 6 aliphatic rings. The van der Waals surface area contributed by atoms with Crippen molar-refractivity contribution in [3.63, 3.8) is 0 Å². The van der Waals surface area contributed by atoms with Crippen LogP contribution in [0.2, 0.25) is 0 Å². The van der Waals surface area contributed by atoms with E-state index < -0.39 is 127 Å². The van der Waals surface area contributed by atoms with E-state index in [0.29, 0.717) is 0 Å². The van der Waals surface area contributed by atoms with Crippen LogP contribution in [0.5, 0.6) is 0 Å². The average molecular weight is 755 g/mol. The summed E-state index contributed by atoms with van der Waals surface area (Å²) in [4.78, 5) is 80.7. The molecule has 280 valence electrons. The minimum Gasteiger partial charge on any atom is -0.353 e.